The molecule has 0 aliphatic carbocycles. The number of hydrogen-bond donors (Lipinski definition) is 0. The Balaban J connectivity index is 3.20. The predicted octanol–water partition coefficient (Wildman–Crippen LogP) is 3.20. The highest BCUT2D eigenvalue weighted by atomic mass is 79.9. The van der Waals surface area contributed by atoms with Crippen LogP contribution in [0.4, 0.5) is 0 Å². The molecule has 0 amide bonds. The summed E-state index contributed by atoms with van der Waals surface area (Å²) < 4.78 is 5.47. The molecule has 0 unspecified atom stereocenters. The monoisotopic (exact) mass is 255 g/mol. The summed E-state index contributed by atoms with van der Waals surface area (Å²) in [5.74, 6) is 0.836. The van der Waals surface area contributed by atoms with Crippen molar-refractivity contribution in [2.45, 2.75) is 13.8 Å². The van der Waals surface area contributed by atoms with E-state index in [0.29, 0.717) is 5.56 Å². The van der Waals surface area contributed by atoms with Gasteiger partial charge in [-0.3, -0.25) is 0 Å². The number of benzene rings is 1. The number of hydrogen-bond acceptors (Lipinski definition) is 2. The summed E-state index contributed by atoms with van der Waals surface area (Å²) in [6.45, 7) is 4.00. The SMILES string of the molecule is COC(=O)c1cccc([C](C)C)c1Br. The van der Waals surface area contributed by atoms with Crippen LogP contribution in [0.15, 0.2) is 22.7 Å². The van der Waals surface area contributed by atoms with Gasteiger partial charge in [0.2, 0.25) is 0 Å². The van der Waals surface area contributed by atoms with Crippen LogP contribution < -0.4 is 0 Å². The molecule has 1 radical (unpaired) electrons. The third-order valence-electron chi connectivity index (χ3n) is 1.94. The topological polar surface area (TPSA) is 26.3 Å². The van der Waals surface area contributed by atoms with Gasteiger partial charge in [-0.15, -0.1) is 0 Å². The van der Waals surface area contributed by atoms with Crippen molar-refractivity contribution < 1.29 is 9.53 Å². The van der Waals surface area contributed by atoms with E-state index in [1.807, 2.05) is 26.0 Å². The lowest BCUT2D eigenvalue weighted by molar-refractivity contribution is 0.0599. The Kier molecular flexibility index (Phi) is 3.69. The molecule has 75 valence electrons. The Morgan fingerprint density at radius 1 is 1.29 bits per heavy atom. The van der Waals surface area contributed by atoms with E-state index in [2.05, 4.69) is 20.7 Å². The number of halogens is 1. The van der Waals surface area contributed by atoms with E-state index in [9.17, 15) is 4.79 Å². The zero-order chi connectivity index (χ0) is 10.7. The van der Waals surface area contributed by atoms with Gasteiger partial charge in [0.05, 0.1) is 12.7 Å². The van der Waals surface area contributed by atoms with E-state index in [-0.39, 0.29) is 5.97 Å². The highest BCUT2D eigenvalue weighted by molar-refractivity contribution is 9.10. The number of rotatable bonds is 2. The fourth-order valence-corrected chi connectivity index (χ4v) is 2.01. The normalized spacial score (nSPS) is 10.4. The van der Waals surface area contributed by atoms with E-state index >= 15 is 0 Å². The summed E-state index contributed by atoms with van der Waals surface area (Å²) in [5.41, 5.74) is 1.60. The van der Waals surface area contributed by atoms with Crippen molar-refractivity contribution in [1.29, 1.82) is 0 Å². The van der Waals surface area contributed by atoms with E-state index < -0.39 is 0 Å². The molecule has 0 spiro atoms. The van der Waals surface area contributed by atoms with Gasteiger partial charge in [0.15, 0.2) is 0 Å². The van der Waals surface area contributed by atoms with Crippen molar-refractivity contribution >= 4 is 21.9 Å². The molecule has 1 aromatic rings. The first-order valence-electron chi connectivity index (χ1n) is 4.25. The van der Waals surface area contributed by atoms with Gasteiger partial charge in [0, 0.05) is 4.47 Å². The van der Waals surface area contributed by atoms with Crippen LogP contribution >= 0.6 is 15.9 Å². The molecule has 0 saturated heterocycles. The smallest absolute Gasteiger partial charge is 0.339 e. The zero-order valence-electron chi connectivity index (χ0n) is 8.43. The molecule has 0 aliphatic rings. The van der Waals surface area contributed by atoms with Crippen molar-refractivity contribution in [2.24, 2.45) is 0 Å². The molecule has 0 bridgehead atoms. The van der Waals surface area contributed by atoms with E-state index in [0.717, 1.165) is 16.0 Å². The summed E-state index contributed by atoms with van der Waals surface area (Å²) in [4.78, 5) is 11.3. The van der Waals surface area contributed by atoms with Crippen molar-refractivity contribution in [3.63, 3.8) is 0 Å². The van der Waals surface area contributed by atoms with E-state index in [1.165, 1.54) is 7.11 Å². The second-order valence-corrected chi connectivity index (χ2v) is 3.95. The van der Waals surface area contributed by atoms with Crippen LogP contribution in [0.1, 0.15) is 29.8 Å². The number of methoxy groups -OCH3 is 1. The van der Waals surface area contributed by atoms with E-state index in [4.69, 9.17) is 0 Å². The largest absolute Gasteiger partial charge is 0.465 e. The molecule has 0 aliphatic heterocycles. The minimum Gasteiger partial charge on any atom is -0.465 e. The zero-order valence-corrected chi connectivity index (χ0v) is 10.0. The molecule has 1 rings (SSSR count). The lowest BCUT2D eigenvalue weighted by Crippen LogP contribution is -2.04. The van der Waals surface area contributed by atoms with Crippen LogP contribution in [0, 0.1) is 5.92 Å². The minimum atomic E-state index is -0.319. The quantitative estimate of drug-likeness (QED) is 0.759. The Bertz CT molecular complexity index is 345. The molecule has 2 nitrogen and oxygen atoms in total. The molecule has 0 atom stereocenters. The van der Waals surface area contributed by atoms with Gasteiger partial charge in [-0.05, 0) is 33.5 Å². The molecule has 0 heterocycles. The lowest BCUT2D eigenvalue weighted by atomic mass is 10.0. The molecule has 0 saturated carbocycles. The van der Waals surface area contributed by atoms with Gasteiger partial charge in [-0.2, -0.15) is 0 Å². The Labute approximate surface area is 92.4 Å². The first kappa shape index (κ1) is 11.2. The maximum Gasteiger partial charge on any atom is 0.339 e. The predicted molar refractivity (Wildman–Crippen MR) is 59.2 cm³/mol. The fraction of sp³-hybridized carbons (Fsp3) is 0.273. The third-order valence-corrected chi connectivity index (χ3v) is 2.80. The number of carbonyl (C=O) groups is 1. The van der Waals surface area contributed by atoms with Crippen LogP contribution in [-0.2, 0) is 4.74 Å². The molecule has 0 N–H and O–H groups in total. The van der Waals surface area contributed by atoms with Crippen LogP contribution in [0.5, 0.6) is 0 Å². The average Bonchev–Trinajstić information content (AvgIpc) is 2.16. The molecule has 1 aromatic carbocycles. The average molecular weight is 256 g/mol. The number of carbonyl (C=O) groups excluding carboxylic acids is 1. The van der Waals surface area contributed by atoms with Gasteiger partial charge in [-0.25, -0.2) is 4.79 Å². The minimum absolute atomic E-state index is 0.319. The molecular weight excluding hydrogens is 244 g/mol. The highest BCUT2D eigenvalue weighted by Gasteiger charge is 2.14. The van der Waals surface area contributed by atoms with Crippen molar-refractivity contribution in [3.8, 4) is 0 Å². The van der Waals surface area contributed by atoms with Crippen molar-refractivity contribution in [1.82, 2.24) is 0 Å². The van der Waals surface area contributed by atoms with Gasteiger partial charge >= 0.3 is 5.97 Å². The summed E-state index contributed by atoms with van der Waals surface area (Å²) in [5, 5.41) is 0. The molecule has 0 fully saturated rings. The maximum atomic E-state index is 11.3. The first-order chi connectivity index (χ1) is 6.57. The molecule has 14 heavy (non-hydrogen) atoms. The van der Waals surface area contributed by atoms with Crippen LogP contribution in [-0.4, -0.2) is 13.1 Å². The lowest BCUT2D eigenvalue weighted by Gasteiger charge is -2.10. The highest BCUT2D eigenvalue weighted by Crippen LogP contribution is 2.27. The standard InChI is InChI=1S/C11H12BrO2/c1-7(2)8-5-4-6-9(10(8)12)11(13)14-3/h4-6H,1-3H3. The molecular formula is C11H12BrO2. The maximum absolute atomic E-state index is 11.3. The summed E-state index contributed by atoms with van der Waals surface area (Å²) in [6, 6.07) is 5.55. The van der Waals surface area contributed by atoms with Gasteiger partial charge < -0.3 is 4.74 Å². The summed E-state index contributed by atoms with van der Waals surface area (Å²) in [6.07, 6.45) is 0. The first-order valence-corrected chi connectivity index (χ1v) is 5.04. The van der Waals surface area contributed by atoms with Crippen molar-refractivity contribution in [2.75, 3.05) is 7.11 Å². The van der Waals surface area contributed by atoms with Crippen LogP contribution in [0.3, 0.4) is 0 Å². The fourth-order valence-electron chi connectivity index (χ4n) is 1.19. The Hall–Kier alpha value is -0.830. The Morgan fingerprint density at radius 3 is 2.36 bits per heavy atom. The summed E-state index contributed by atoms with van der Waals surface area (Å²) in [7, 11) is 1.38. The number of ether oxygens (including phenoxy) is 1. The van der Waals surface area contributed by atoms with Gasteiger partial charge in [-0.1, -0.05) is 26.0 Å². The van der Waals surface area contributed by atoms with Crippen LogP contribution in [0.25, 0.3) is 0 Å². The van der Waals surface area contributed by atoms with Gasteiger partial charge in [0.1, 0.15) is 0 Å². The third kappa shape index (κ3) is 2.15. The molecule has 3 heteroatoms. The second kappa shape index (κ2) is 4.60. The summed E-state index contributed by atoms with van der Waals surface area (Å²) >= 11 is 3.40. The van der Waals surface area contributed by atoms with Crippen molar-refractivity contribution in [3.05, 3.63) is 39.7 Å². The molecule has 0 aromatic heterocycles. The second-order valence-electron chi connectivity index (χ2n) is 3.16. The van der Waals surface area contributed by atoms with Crippen LogP contribution in [0.2, 0.25) is 0 Å². The Morgan fingerprint density at radius 2 is 1.86 bits per heavy atom. The van der Waals surface area contributed by atoms with E-state index in [1.54, 1.807) is 6.07 Å². The van der Waals surface area contributed by atoms with Gasteiger partial charge in [0.25, 0.3) is 0 Å². The number of esters is 1.